The van der Waals surface area contributed by atoms with Crippen LogP contribution in [0, 0.1) is 17.1 Å². The average molecular weight is 384 g/mol. The van der Waals surface area contributed by atoms with Crippen LogP contribution >= 0.6 is 31.9 Å². The molecule has 0 unspecified atom stereocenters. The second kappa shape index (κ2) is 6.18. The number of anilines is 1. The number of benzene rings is 2. The Morgan fingerprint density at radius 1 is 1.16 bits per heavy atom. The van der Waals surface area contributed by atoms with E-state index in [4.69, 9.17) is 5.26 Å². The summed E-state index contributed by atoms with van der Waals surface area (Å²) in [5, 5.41) is 12.2. The molecule has 5 heteroatoms. The lowest BCUT2D eigenvalue weighted by Gasteiger charge is -2.10. The van der Waals surface area contributed by atoms with Gasteiger partial charge in [0.05, 0.1) is 11.3 Å². The molecule has 2 aromatic rings. The lowest BCUT2D eigenvalue weighted by molar-refractivity contribution is 0.626. The Hall–Kier alpha value is -1.38. The Kier molecular flexibility index (Phi) is 4.56. The van der Waals surface area contributed by atoms with Crippen molar-refractivity contribution in [1.82, 2.24) is 0 Å². The van der Waals surface area contributed by atoms with E-state index in [1.165, 1.54) is 12.1 Å². The molecule has 0 bridgehead atoms. The van der Waals surface area contributed by atoms with Crippen LogP contribution in [0.4, 0.5) is 10.1 Å². The van der Waals surface area contributed by atoms with Crippen molar-refractivity contribution in [2.75, 3.05) is 5.32 Å². The van der Waals surface area contributed by atoms with E-state index in [-0.39, 0.29) is 5.82 Å². The van der Waals surface area contributed by atoms with Gasteiger partial charge in [0.15, 0.2) is 0 Å². The van der Waals surface area contributed by atoms with Crippen LogP contribution in [0.3, 0.4) is 0 Å². The quantitative estimate of drug-likeness (QED) is 0.823. The third kappa shape index (κ3) is 3.55. The molecule has 1 N–H and O–H groups in total. The normalized spacial score (nSPS) is 10.0. The molecule has 2 nitrogen and oxygen atoms in total. The molecule has 2 rings (SSSR count). The summed E-state index contributed by atoms with van der Waals surface area (Å²) in [4.78, 5) is 0. The smallest absolute Gasteiger partial charge is 0.124 e. The first-order valence-electron chi connectivity index (χ1n) is 5.47. The first-order chi connectivity index (χ1) is 9.10. The zero-order valence-electron chi connectivity index (χ0n) is 9.75. The number of halogens is 3. The lowest BCUT2D eigenvalue weighted by Crippen LogP contribution is -2.02. The zero-order valence-corrected chi connectivity index (χ0v) is 12.9. The molecule has 0 spiro atoms. The molecule has 0 heterocycles. The van der Waals surface area contributed by atoms with Crippen LogP contribution in [0.5, 0.6) is 0 Å². The number of nitrogens with zero attached hydrogens (tertiary/aromatic N) is 1. The van der Waals surface area contributed by atoms with Gasteiger partial charge in [-0.1, -0.05) is 37.9 Å². The van der Waals surface area contributed by atoms with Crippen LogP contribution in [0.25, 0.3) is 0 Å². The highest BCUT2D eigenvalue weighted by Gasteiger charge is 2.05. The Morgan fingerprint density at radius 3 is 2.63 bits per heavy atom. The minimum absolute atomic E-state index is 0.281. The van der Waals surface area contributed by atoms with Gasteiger partial charge in [0, 0.05) is 15.5 Å². The summed E-state index contributed by atoms with van der Waals surface area (Å²) < 4.78 is 14.5. The topological polar surface area (TPSA) is 35.8 Å². The van der Waals surface area contributed by atoms with Gasteiger partial charge in [0.2, 0.25) is 0 Å². The van der Waals surface area contributed by atoms with Crippen molar-refractivity contribution in [3.63, 3.8) is 0 Å². The highest BCUT2D eigenvalue weighted by atomic mass is 79.9. The van der Waals surface area contributed by atoms with Crippen molar-refractivity contribution in [3.05, 3.63) is 62.3 Å². The maximum Gasteiger partial charge on any atom is 0.124 e. The van der Waals surface area contributed by atoms with Gasteiger partial charge in [-0.05, 0) is 35.9 Å². The first-order valence-corrected chi connectivity index (χ1v) is 7.06. The van der Waals surface area contributed by atoms with E-state index in [0.29, 0.717) is 16.6 Å². The number of nitrogens with one attached hydrogen (secondary N) is 1. The summed E-state index contributed by atoms with van der Waals surface area (Å²) in [5.41, 5.74) is 2.24. The molecule has 2 aromatic carbocycles. The molecule has 0 fully saturated rings. The van der Waals surface area contributed by atoms with Crippen molar-refractivity contribution in [1.29, 1.82) is 5.26 Å². The van der Waals surface area contributed by atoms with E-state index in [1.807, 2.05) is 12.1 Å². The summed E-state index contributed by atoms with van der Waals surface area (Å²) in [7, 11) is 0. The molecule has 0 aromatic heterocycles. The van der Waals surface area contributed by atoms with Crippen LogP contribution in [0.15, 0.2) is 45.3 Å². The van der Waals surface area contributed by atoms with E-state index in [1.54, 1.807) is 12.1 Å². The summed E-state index contributed by atoms with van der Waals surface area (Å²) in [6, 6.07) is 12.1. The van der Waals surface area contributed by atoms with E-state index >= 15 is 0 Å². The van der Waals surface area contributed by atoms with Gasteiger partial charge < -0.3 is 5.32 Å². The fourth-order valence-corrected chi connectivity index (χ4v) is 2.47. The van der Waals surface area contributed by atoms with Gasteiger partial charge >= 0.3 is 0 Å². The van der Waals surface area contributed by atoms with Crippen molar-refractivity contribution in [2.24, 2.45) is 0 Å². The molecule has 0 radical (unpaired) electrons. The van der Waals surface area contributed by atoms with E-state index in [2.05, 4.69) is 43.2 Å². The molecular formula is C14H9Br2FN2. The maximum absolute atomic E-state index is 13.0. The molecule has 0 atom stereocenters. The zero-order chi connectivity index (χ0) is 13.8. The Bertz CT molecular complexity index is 650. The Balaban J connectivity index is 2.17. The van der Waals surface area contributed by atoms with Crippen molar-refractivity contribution < 1.29 is 4.39 Å². The maximum atomic E-state index is 13.0. The molecule has 0 amide bonds. The molecule has 0 aliphatic rings. The van der Waals surface area contributed by atoms with Crippen LogP contribution in [-0.4, -0.2) is 0 Å². The molecular weight excluding hydrogens is 375 g/mol. The second-order valence-corrected chi connectivity index (χ2v) is 5.66. The molecule has 0 aliphatic heterocycles. The second-order valence-electron chi connectivity index (χ2n) is 3.89. The third-order valence-electron chi connectivity index (χ3n) is 2.59. The number of hydrogen-bond donors (Lipinski definition) is 1. The minimum Gasteiger partial charge on any atom is -0.380 e. The number of rotatable bonds is 3. The van der Waals surface area contributed by atoms with E-state index in [0.717, 1.165) is 15.7 Å². The molecule has 96 valence electrons. The summed E-state index contributed by atoms with van der Waals surface area (Å²) >= 11 is 6.64. The predicted molar refractivity (Wildman–Crippen MR) is 80.3 cm³/mol. The largest absolute Gasteiger partial charge is 0.380 e. The average Bonchev–Trinajstić information content (AvgIpc) is 2.39. The lowest BCUT2D eigenvalue weighted by atomic mass is 10.1. The summed E-state index contributed by atoms with van der Waals surface area (Å²) in [5.74, 6) is -0.281. The van der Waals surface area contributed by atoms with Gasteiger partial charge in [-0.2, -0.15) is 5.26 Å². The summed E-state index contributed by atoms with van der Waals surface area (Å²) in [6.07, 6.45) is 0. The number of nitriles is 1. The van der Waals surface area contributed by atoms with Crippen LogP contribution in [-0.2, 0) is 6.54 Å². The van der Waals surface area contributed by atoms with Crippen LogP contribution in [0.1, 0.15) is 11.1 Å². The fourth-order valence-electron chi connectivity index (χ4n) is 1.62. The minimum atomic E-state index is -0.281. The SMILES string of the molecule is N#Cc1cc(Br)ccc1NCc1ccc(F)cc1Br. The summed E-state index contributed by atoms with van der Waals surface area (Å²) in [6.45, 7) is 0.511. The van der Waals surface area contributed by atoms with Gasteiger partial charge in [-0.15, -0.1) is 0 Å². The van der Waals surface area contributed by atoms with Crippen molar-refractivity contribution >= 4 is 37.5 Å². The monoisotopic (exact) mass is 382 g/mol. The Labute approximate surface area is 127 Å². The first kappa shape index (κ1) is 14.0. The molecule has 19 heavy (non-hydrogen) atoms. The van der Waals surface area contributed by atoms with Crippen molar-refractivity contribution in [3.8, 4) is 6.07 Å². The predicted octanol–water partition coefficient (Wildman–Crippen LogP) is 4.83. The van der Waals surface area contributed by atoms with E-state index in [9.17, 15) is 4.39 Å². The molecule has 0 aliphatic carbocycles. The van der Waals surface area contributed by atoms with Gasteiger partial charge in [0.1, 0.15) is 11.9 Å². The highest BCUT2D eigenvalue weighted by Crippen LogP contribution is 2.23. The molecule has 0 saturated carbocycles. The highest BCUT2D eigenvalue weighted by molar-refractivity contribution is 9.10. The van der Waals surface area contributed by atoms with Crippen LogP contribution < -0.4 is 5.32 Å². The molecule has 0 saturated heterocycles. The van der Waals surface area contributed by atoms with Crippen molar-refractivity contribution in [2.45, 2.75) is 6.54 Å². The fraction of sp³-hybridized carbons (Fsp3) is 0.0714. The van der Waals surface area contributed by atoms with Gasteiger partial charge in [0.25, 0.3) is 0 Å². The standard InChI is InChI=1S/C14H9Br2FN2/c15-11-2-4-14(10(5-11)7-18)19-8-9-1-3-12(17)6-13(9)16/h1-6,19H,8H2. The number of hydrogen-bond acceptors (Lipinski definition) is 2. The van der Waals surface area contributed by atoms with Gasteiger partial charge in [-0.25, -0.2) is 4.39 Å². The van der Waals surface area contributed by atoms with Crippen LogP contribution in [0.2, 0.25) is 0 Å². The Morgan fingerprint density at radius 2 is 1.95 bits per heavy atom. The van der Waals surface area contributed by atoms with Gasteiger partial charge in [-0.3, -0.25) is 0 Å². The third-order valence-corrected chi connectivity index (χ3v) is 3.82. The van der Waals surface area contributed by atoms with E-state index < -0.39 is 0 Å².